The number of sulfonamides is 2. The second kappa shape index (κ2) is 15.2. The van der Waals surface area contributed by atoms with E-state index in [1.165, 1.54) is 37.6 Å². The maximum absolute atomic E-state index is 13.6. The predicted molar refractivity (Wildman–Crippen MR) is 179 cm³/mol. The molecule has 1 saturated heterocycles. The van der Waals surface area contributed by atoms with E-state index >= 15 is 0 Å². The summed E-state index contributed by atoms with van der Waals surface area (Å²) in [5.74, 6) is -0.256. The fourth-order valence-corrected chi connectivity index (χ4v) is 7.96. The van der Waals surface area contributed by atoms with Gasteiger partial charge in [-0.2, -0.15) is 13.7 Å². The van der Waals surface area contributed by atoms with Gasteiger partial charge in [-0.05, 0) is 66.2 Å². The normalized spacial score (nSPS) is 15.9. The first-order valence-corrected chi connectivity index (χ1v) is 17.6. The topological polar surface area (TPSA) is 164 Å². The van der Waals surface area contributed by atoms with Crippen LogP contribution in [0.5, 0.6) is 11.5 Å². The number of methoxy groups -OCH3 is 1. The van der Waals surface area contributed by atoms with Crippen LogP contribution in [0.15, 0.2) is 124 Å². The average molecular weight is 692 g/mol. The van der Waals surface area contributed by atoms with Crippen molar-refractivity contribution in [1.82, 2.24) is 14.0 Å². The number of carbonyl (C=O) groups excluding carboxylic acids is 2. The molecule has 13 nitrogen and oxygen atoms in total. The molecular formula is C33H33N5O8S2. The molecule has 250 valence electrons. The predicted octanol–water partition coefficient (Wildman–Crippen LogP) is 2.93. The number of rotatable bonds is 12. The monoisotopic (exact) mass is 691 g/mol. The van der Waals surface area contributed by atoms with Gasteiger partial charge < -0.3 is 14.8 Å². The lowest BCUT2D eigenvalue weighted by atomic mass is 10.2. The van der Waals surface area contributed by atoms with Crippen molar-refractivity contribution in [3.63, 3.8) is 0 Å². The summed E-state index contributed by atoms with van der Waals surface area (Å²) in [5, 5.41) is 6.71. The number of hydrogen-bond acceptors (Lipinski definition) is 9. The van der Waals surface area contributed by atoms with E-state index in [1.807, 2.05) is 0 Å². The van der Waals surface area contributed by atoms with E-state index < -0.39 is 38.5 Å². The molecule has 0 saturated carbocycles. The van der Waals surface area contributed by atoms with E-state index in [2.05, 4.69) is 15.8 Å². The minimum Gasteiger partial charge on any atom is -0.495 e. The summed E-state index contributed by atoms with van der Waals surface area (Å²) in [4.78, 5) is 25.8. The zero-order chi connectivity index (χ0) is 34.1. The molecule has 48 heavy (non-hydrogen) atoms. The van der Waals surface area contributed by atoms with Crippen LogP contribution < -0.4 is 20.2 Å². The molecule has 1 fully saturated rings. The number of piperazine rings is 1. The Kier molecular flexibility index (Phi) is 10.9. The van der Waals surface area contributed by atoms with E-state index in [9.17, 15) is 26.4 Å². The van der Waals surface area contributed by atoms with Crippen LogP contribution in [0.1, 0.15) is 5.56 Å². The van der Waals surface area contributed by atoms with Gasteiger partial charge in [-0.3, -0.25) is 9.59 Å². The van der Waals surface area contributed by atoms with Crippen LogP contribution in [0.2, 0.25) is 0 Å². The third kappa shape index (κ3) is 8.06. The minimum atomic E-state index is -4.15. The number of anilines is 1. The van der Waals surface area contributed by atoms with Crippen molar-refractivity contribution in [3.05, 3.63) is 115 Å². The fourth-order valence-electron chi connectivity index (χ4n) is 4.91. The molecule has 0 aromatic heterocycles. The van der Waals surface area contributed by atoms with Gasteiger partial charge in [0.1, 0.15) is 17.5 Å². The molecule has 15 heteroatoms. The smallest absolute Gasteiger partial charge is 0.262 e. The number of nitrogens with zero attached hydrogens (tertiary/aromatic N) is 3. The number of nitrogens with one attached hydrogen (secondary N) is 2. The van der Waals surface area contributed by atoms with Gasteiger partial charge in [0.2, 0.25) is 20.0 Å². The van der Waals surface area contributed by atoms with Gasteiger partial charge in [0, 0.05) is 19.6 Å². The van der Waals surface area contributed by atoms with Gasteiger partial charge in [0.25, 0.3) is 11.8 Å². The maximum atomic E-state index is 13.6. The molecule has 0 spiro atoms. The van der Waals surface area contributed by atoms with Crippen LogP contribution in [-0.4, -0.2) is 82.9 Å². The number of carbonyl (C=O) groups is 2. The first kappa shape index (κ1) is 34.3. The summed E-state index contributed by atoms with van der Waals surface area (Å²) in [6.45, 7) is -1.06. The summed E-state index contributed by atoms with van der Waals surface area (Å²) in [7, 11) is -6.66. The molecule has 0 radical (unpaired) electrons. The van der Waals surface area contributed by atoms with Crippen LogP contribution in [0, 0.1) is 0 Å². The molecule has 4 aromatic carbocycles. The number of para-hydroxylation sites is 2. The average Bonchev–Trinajstić information content (AvgIpc) is 3.12. The molecular weight excluding hydrogens is 659 g/mol. The zero-order valence-electron chi connectivity index (χ0n) is 25.8. The standard InChI is InChI=1S/C33H33N5O8S2/c1-45-31-15-9-8-14-29(31)35-32(39)24-46-26-18-16-25(17-19-26)22-34-36-33(40)30-23-37(47(41,42)27-10-4-2-5-11-27)20-21-38(30)48(43,44)28-12-6-3-7-13-28/h2-19,22,30H,20-21,23-24H2,1H3,(H,35,39)(H,36,40)/b34-22-/t30-/m0/s1. The molecule has 4 aromatic rings. The quantitative estimate of drug-likeness (QED) is 0.169. The summed E-state index contributed by atoms with van der Waals surface area (Å²) >= 11 is 0. The van der Waals surface area contributed by atoms with Gasteiger partial charge in [0.05, 0.1) is 28.8 Å². The molecule has 0 bridgehead atoms. The van der Waals surface area contributed by atoms with E-state index in [4.69, 9.17) is 9.47 Å². The minimum absolute atomic E-state index is 0.0229. The highest BCUT2D eigenvalue weighted by Gasteiger charge is 2.43. The highest BCUT2D eigenvalue weighted by atomic mass is 32.2. The van der Waals surface area contributed by atoms with Crippen molar-refractivity contribution in [2.75, 3.05) is 38.7 Å². The van der Waals surface area contributed by atoms with Crippen molar-refractivity contribution >= 4 is 43.8 Å². The molecule has 1 aliphatic rings. The highest BCUT2D eigenvalue weighted by Crippen LogP contribution is 2.26. The summed E-state index contributed by atoms with van der Waals surface area (Å²) in [5.41, 5.74) is 3.44. The third-order valence-electron chi connectivity index (χ3n) is 7.35. The Hall–Kier alpha value is -5.09. The van der Waals surface area contributed by atoms with Crippen LogP contribution in [0.25, 0.3) is 0 Å². The third-order valence-corrected chi connectivity index (χ3v) is 11.1. The van der Waals surface area contributed by atoms with E-state index in [1.54, 1.807) is 84.9 Å². The van der Waals surface area contributed by atoms with Gasteiger partial charge in [-0.1, -0.05) is 48.5 Å². The van der Waals surface area contributed by atoms with Crippen LogP contribution >= 0.6 is 0 Å². The van der Waals surface area contributed by atoms with Crippen LogP contribution in [0.3, 0.4) is 0 Å². The molecule has 0 unspecified atom stereocenters. The lowest BCUT2D eigenvalue weighted by Crippen LogP contribution is -2.60. The Labute approximate surface area is 278 Å². The second-order valence-corrected chi connectivity index (χ2v) is 14.3. The number of benzene rings is 4. The summed E-state index contributed by atoms with van der Waals surface area (Å²) < 4.78 is 66.7. The van der Waals surface area contributed by atoms with Gasteiger partial charge in [-0.25, -0.2) is 22.3 Å². The molecule has 1 aliphatic heterocycles. The Morgan fingerprint density at radius 3 is 2.06 bits per heavy atom. The number of amides is 2. The zero-order valence-corrected chi connectivity index (χ0v) is 27.4. The molecule has 2 N–H and O–H groups in total. The second-order valence-electron chi connectivity index (χ2n) is 10.5. The molecule has 0 aliphatic carbocycles. The van der Waals surface area contributed by atoms with Crippen molar-refractivity contribution in [2.24, 2.45) is 5.10 Å². The Morgan fingerprint density at radius 2 is 1.42 bits per heavy atom. The Bertz CT molecular complexity index is 1980. The molecule has 2 amide bonds. The Morgan fingerprint density at radius 1 is 0.812 bits per heavy atom. The lowest BCUT2D eigenvalue weighted by Gasteiger charge is -2.38. The number of hydrazone groups is 1. The molecule has 5 rings (SSSR count). The lowest BCUT2D eigenvalue weighted by molar-refractivity contribution is -0.125. The van der Waals surface area contributed by atoms with E-state index in [0.717, 1.165) is 8.61 Å². The highest BCUT2D eigenvalue weighted by molar-refractivity contribution is 7.89. The van der Waals surface area contributed by atoms with Crippen molar-refractivity contribution < 1.29 is 35.9 Å². The number of hydrogen-bond donors (Lipinski definition) is 2. The Balaban J connectivity index is 1.24. The molecule has 1 heterocycles. The largest absolute Gasteiger partial charge is 0.495 e. The van der Waals surface area contributed by atoms with Crippen molar-refractivity contribution in [2.45, 2.75) is 15.8 Å². The van der Waals surface area contributed by atoms with E-state index in [0.29, 0.717) is 22.7 Å². The van der Waals surface area contributed by atoms with E-state index in [-0.39, 0.29) is 35.4 Å². The first-order valence-electron chi connectivity index (χ1n) is 14.7. The van der Waals surface area contributed by atoms with Crippen LogP contribution in [0.4, 0.5) is 5.69 Å². The van der Waals surface area contributed by atoms with Crippen LogP contribution in [-0.2, 0) is 29.6 Å². The molecule has 1 atom stereocenters. The van der Waals surface area contributed by atoms with Crippen molar-refractivity contribution in [1.29, 1.82) is 0 Å². The summed E-state index contributed by atoms with van der Waals surface area (Å²) in [6, 6.07) is 27.4. The summed E-state index contributed by atoms with van der Waals surface area (Å²) in [6.07, 6.45) is 1.34. The SMILES string of the molecule is COc1ccccc1NC(=O)COc1ccc(/C=N\NC(=O)[C@@H]2CN(S(=O)(=O)c3ccccc3)CCN2S(=O)(=O)c2ccccc2)cc1. The maximum Gasteiger partial charge on any atom is 0.262 e. The van der Waals surface area contributed by atoms with Crippen molar-refractivity contribution in [3.8, 4) is 11.5 Å². The van der Waals surface area contributed by atoms with Gasteiger partial charge in [-0.15, -0.1) is 0 Å². The van der Waals surface area contributed by atoms with Gasteiger partial charge >= 0.3 is 0 Å². The number of ether oxygens (including phenoxy) is 2. The first-order chi connectivity index (χ1) is 23.1. The fraction of sp³-hybridized carbons (Fsp3) is 0.182. The van der Waals surface area contributed by atoms with Gasteiger partial charge in [0.15, 0.2) is 6.61 Å².